The molecule has 3 aromatic rings. The van der Waals surface area contributed by atoms with Gasteiger partial charge in [0.15, 0.2) is 0 Å². The third kappa shape index (κ3) is 2.31. The van der Waals surface area contributed by atoms with E-state index in [9.17, 15) is 9.50 Å². The summed E-state index contributed by atoms with van der Waals surface area (Å²) in [7, 11) is 0. The molecule has 0 radical (unpaired) electrons. The second-order valence-corrected chi connectivity index (χ2v) is 7.21. The zero-order valence-corrected chi connectivity index (χ0v) is 14.7. The Morgan fingerprint density at radius 2 is 2.00 bits per heavy atom. The molecule has 1 aliphatic rings. The van der Waals surface area contributed by atoms with Gasteiger partial charge >= 0.3 is 0 Å². The first-order valence-electron chi connectivity index (χ1n) is 7.76. The van der Waals surface area contributed by atoms with Gasteiger partial charge in [0.2, 0.25) is 0 Å². The number of aromatic nitrogens is 2. The molecule has 3 nitrogen and oxygen atoms in total. The van der Waals surface area contributed by atoms with Gasteiger partial charge in [0.1, 0.15) is 11.4 Å². The van der Waals surface area contributed by atoms with Crippen LogP contribution in [0, 0.1) is 12.7 Å². The van der Waals surface area contributed by atoms with Crippen molar-refractivity contribution in [2.75, 3.05) is 0 Å². The number of aryl methyl sites for hydroxylation is 1. The van der Waals surface area contributed by atoms with Crippen molar-refractivity contribution >= 4 is 15.9 Å². The normalized spacial score (nSPS) is 22.6. The van der Waals surface area contributed by atoms with Gasteiger partial charge < -0.3 is 9.67 Å². The van der Waals surface area contributed by atoms with Crippen molar-refractivity contribution in [3.8, 4) is 0 Å². The van der Waals surface area contributed by atoms with Crippen LogP contribution >= 0.6 is 15.9 Å². The molecule has 2 heterocycles. The van der Waals surface area contributed by atoms with E-state index in [0.717, 1.165) is 15.6 Å². The lowest BCUT2D eigenvalue weighted by Gasteiger charge is -2.23. The van der Waals surface area contributed by atoms with Gasteiger partial charge in [-0.2, -0.15) is 0 Å². The number of imidazole rings is 1. The highest BCUT2D eigenvalue weighted by atomic mass is 79.9. The molecule has 0 saturated heterocycles. The molecule has 2 aromatic carbocycles. The van der Waals surface area contributed by atoms with Crippen LogP contribution in [0.15, 0.2) is 59.5 Å². The number of rotatable bonds is 2. The summed E-state index contributed by atoms with van der Waals surface area (Å²) in [6, 6.07) is 12.5. The van der Waals surface area contributed by atoms with Crippen LogP contribution in [0.5, 0.6) is 0 Å². The van der Waals surface area contributed by atoms with Crippen molar-refractivity contribution < 1.29 is 9.50 Å². The Labute approximate surface area is 147 Å². The maximum absolute atomic E-state index is 14.5. The van der Waals surface area contributed by atoms with E-state index in [1.807, 2.05) is 41.8 Å². The Kier molecular flexibility index (Phi) is 3.58. The predicted octanol–water partition coefficient (Wildman–Crippen LogP) is 4.32. The van der Waals surface area contributed by atoms with E-state index in [1.165, 1.54) is 6.07 Å². The van der Waals surface area contributed by atoms with Crippen molar-refractivity contribution in [3.63, 3.8) is 0 Å². The van der Waals surface area contributed by atoms with Crippen LogP contribution in [0.2, 0.25) is 0 Å². The van der Waals surface area contributed by atoms with Crippen molar-refractivity contribution in [2.24, 2.45) is 0 Å². The Hall–Kier alpha value is -1.98. The minimum atomic E-state index is -1.18. The SMILES string of the molecule is Cc1ccc([C@H]2C[C@](O)(c3ccc(Br)cc3)c3cncn32)c(F)c1. The molecule has 0 saturated carbocycles. The number of benzene rings is 2. The second kappa shape index (κ2) is 5.53. The maximum atomic E-state index is 14.5. The van der Waals surface area contributed by atoms with Crippen LogP contribution in [0.25, 0.3) is 0 Å². The fraction of sp³-hybridized carbons (Fsp3) is 0.211. The summed E-state index contributed by atoms with van der Waals surface area (Å²) in [4.78, 5) is 4.18. The second-order valence-electron chi connectivity index (χ2n) is 6.30. The van der Waals surface area contributed by atoms with Gasteiger partial charge in [-0.15, -0.1) is 0 Å². The van der Waals surface area contributed by atoms with Gasteiger partial charge in [-0.3, -0.25) is 0 Å². The summed E-state index contributed by atoms with van der Waals surface area (Å²) >= 11 is 3.41. The first-order chi connectivity index (χ1) is 11.5. The van der Waals surface area contributed by atoms with Gasteiger partial charge in [0.05, 0.1) is 24.3 Å². The molecular weight excluding hydrogens is 371 g/mol. The molecule has 0 unspecified atom stereocenters. The lowest BCUT2D eigenvalue weighted by molar-refractivity contribution is 0.0792. The average Bonchev–Trinajstić information content (AvgIpc) is 3.12. The minimum Gasteiger partial charge on any atom is -0.379 e. The first-order valence-corrected chi connectivity index (χ1v) is 8.55. The van der Waals surface area contributed by atoms with Crippen LogP contribution in [0.4, 0.5) is 4.39 Å². The molecule has 5 heteroatoms. The van der Waals surface area contributed by atoms with Crippen LogP contribution in [-0.2, 0) is 5.60 Å². The molecule has 0 fully saturated rings. The number of aliphatic hydroxyl groups is 1. The monoisotopic (exact) mass is 386 g/mol. The summed E-state index contributed by atoms with van der Waals surface area (Å²) in [5.41, 5.74) is 1.74. The van der Waals surface area contributed by atoms with Crippen LogP contribution < -0.4 is 0 Å². The topological polar surface area (TPSA) is 38.1 Å². The molecule has 122 valence electrons. The quantitative estimate of drug-likeness (QED) is 0.711. The summed E-state index contributed by atoms with van der Waals surface area (Å²) < 4.78 is 17.3. The Morgan fingerprint density at radius 1 is 1.25 bits per heavy atom. The van der Waals surface area contributed by atoms with Crippen molar-refractivity contribution in [2.45, 2.75) is 25.0 Å². The highest BCUT2D eigenvalue weighted by molar-refractivity contribution is 9.10. The molecule has 4 rings (SSSR count). The number of fused-ring (bicyclic) bond motifs is 1. The number of halogens is 2. The smallest absolute Gasteiger partial charge is 0.133 e. The van der Waals surface area contributed by atoms with Gasteiger partial charge in [-0.05, 0) is 36.2 Å². The maximum Gasteiger partial charge on any atom is 0.133 e. The molecule has 0 spiro atoms. The summed E-state index contributed by atoms with van der Waals surface area (Å²) in [6.07, 6.45) is 3.71. The van der Waals surface area contributed by atoms with Crippen molar-refractivity contribution in [3.05, 3.63) is 87.7 Å². The lowest BCUT2D eigenvalue weighted by Crippen LogP contribution is -2.24. The van der Waals surface area contributed by atoms with Gasteiger partial charge in [-0.1, -0.05) is 40.2 Å². The number of hydrogen-bond donors (Lipinski definition) is 1. The number of hydrogen-bond acceptors (Lipinski definition) is 2. The van der Waals surface area contributed by atoms with Crippen LogP contribution in [0.1, 0.15) is 34.8 Å². The lowest BCUT2D eigenvalue weighted by atomic mass is 9.86. The average molecular weight is 387 g/mol. The predicted molar refractivity (Wildman–Crippen MR) is 93.3 cm³/mol. The van der Waals surface area contributed by atoms with Gasteiger partial charge in [0.25, 0.3) is 0 Å². The van der Waals surface area contributed by atoms with Crippen LogP contribution in [0.3, 0.4) is 0 Å². The largest absolute Gasteiger partial charge is 0.379 e. The van der Waals surface area contributed by atoms with E-state index < -0.39 is 5.60 Å². The molecular formula is C19H16BrFN2O. The van der Waals surface area contributed by atoms with Gasteiger partial charge in [0, 0.05) is 16.5 Å². The molecule has 1 aliphatic heterocycles. The van der Waals surface area contributed by atoms with E-state index >= 15 is 0 Å². The Bertz CT molecular complexity index is 906. The molecule has 0 bridgehead atoms. The van der Waals surface area contributed by atoms with E-state index in [-0.39, 0.29) is 11.9 Å². The Morgan fingerprint density at radius 3 is 2.71 bits per heavy atom. The summed E-state index contributed by atoms with van der Waals surface area (Å²) in [5, 5.41) is 11.4. The zero-order valence-electron chi connectivity index (χ0n) is 13.1. The fourth-order valence-electron chi connectivity index (χ4n) is 3.51. The zero-order chi connectivity index (χ0) is 16.9. The summed E-state index contributed by atoms with van der Waals surface area (Å²) in [5.74, 6) is -0.250. The van der Waals surface area contributed by atoms with Gasteiger partial charge in [-0.25, -0.2) is 9.37 Å². The Balaban J connectivity index is 1.83. The third-order valence-electron chi connectivity index (χ3n) is 4.75. The van der Waals surface area contributed by atoms with E-state index in [0.29, 0.717) is 17.7 Å². The summed E-state index contributed by atoms with van der Waals surface area (Å²) in [6.45, 7) is 1.86. The first kappa shape index (κ1) is 15.5. The third-order valence-corrected chi connectivity index (χ3v) is 5.28. The molecule has 2 atom stereocenters. The molecule has 1 N–H and O–H groups in total. The highest BCUT2D eigenvalue weighted by Gasteiger charge is 2.45. The van der Waals surface area contributed by atoms with Crippen LogP contribution in [-0.4, -0.2) is 14.7 Å². The molecule has 24 heavy (non-hydrogen) atoms. The van der Waals surface area contributed by atoms with E-state index in [2.05, 4.69) is 20.9 Å². The molecule has 0 aliphatic carbocycles. The van der Waals surface area contributed by atoms with E-state index in [1.54, 1.807) is 18.6 Å². The fourth-order valence-corrected chi connectivity index (χ4v) is 3.77. The van der Waals surface area contributed by atoms with Crippen molar-refractivity contribution in [1.82, 2.24) is 9.55 Å². The standard InChI is InChI=1S/C19H16BrFN2O/c1-12-2-7-15(16(21)8-12)17-9-19(24,18-10-22-11-23(17)18)13-3-5-14(20)6-4-13/h2-8,10-11,17,24H,9H2,1H3/t17-,19+/m1/s1. The van der Waals surface area contributed by atoms with E-state index in [4.69, 9.17) is 0 Å². The molecule has 0 amide bonds. The van der Waals surface area contributed by atoms with Crippen molar-refractivity contribution in [1.29, 1.82) is 0 Å². The number of nitrogens with zero attached hydrogens (tertiary/aromatic N) is 2. The highest BCUT2D eigenvalue weighted by Crippen LogP contribution is 2.47. The minimum absolute atomic E-state index is 0.250. The molecule has 1 aromatic heterocycles.